The third-order valence-electron chi connectivity index (χ3n) is 9.01. The second-order valence-corrected chi connectivity index (χ2v) is 13.3. The van der Waals surface area contributed by atoms with Crippen molar-refractivity contribution in [2.75, 3.05) is 47.3 Å². The minimum atomic E-state index is -0.274. The zero-order valence-corrected chi connectivity index (χ0v) is 26.3. The molecule has 2 amide bonds. The summed E-state index contributed by atoms with van der Waals surface area (Å²) in [5.41, 5.74) is 6.90. The fourth-order valence-corrected chi connectivity index (χ4v) is 7.00. The lowest BCUT2D eigenvalue weighted by Gasteiger charge is -2.35. The third-order valence-corrected chi connectivity index (χ3v) is 9.46. The SMILES string of the molecule is CN1CCN(C(=O)C2CC/C=C\C=C/Cc3c(C4CCCCCC4)c4ccc(C(=O)NOSN(C)C)cc4n3C2)CC1. The molecule has 3 heterocycles. The molecule has 0 radical (unpaired) electrons. The van der Waals surface area contributed by atoms with Crippen molar-refractivity contribution in [3.05, 3.63) is 59.3 Å². The van der Waals surface area contributed by atoms with Gasteiger partial charge in [0.05, 0.1) is 5.92 Å². The molecule has 42 heavy (non-hydrogen) atoms. The van der Waals surface area contributed by atoms with E-state index in [1.54, 1.807) is 4.31 Å². The van der Waals surface area contributed by atoms with Gasteiger partial charge in [-0.1, -0.05) is 56.1 Å². The van der Waals surface area contributed by atoms with Crippen molar-refractivity contribution < 1.29 is 13.9 Å². The predicted molar refractivity (Wildman–Crippen MR) is 171 cm³/mol. The van der Waals surface area contributed by atoms with Crippen molar-refractivity contribution in [1.29, 1.82) is 0 Å². The highest BCUT2D eigenvalue weighted by atomic mass is 32.2. The number of hydrogen-bond donors (Lipinski definition) is 1. The van der Waals surface area contributed by atoms with E-state index in [1.165, 1.54) is 55.2 Å². The van der Waals surface area contributed by atoms with Crippen molar-refractivity contribution in [2.45, 2.75) is 70.3 Å². The molecule has 1 aromatic heterocycles. The maximum atomic E-state index is 14.0. The summed E-state index contributed by atoms with van der Waals surface area (Å²) in [5, 5.41) is 1.23. The van der Waals surface area contributed by atoms with Crippen LogP contribution in [-0.4, -0.2) is 77.8 Å². The highest BCUT2D eigenvalue weighted by molar-refractivity contribution is 7.92. The Labute approximate surface area is 255 Å². The molecule has 2 fully saturated rings. The zero-order valence-electron chi connectivity index (χ0n) is 25.5. The second kappa shape index (κ2) is 14.7. The molecule has 0 spiro atoms. The number of nitrogens with zero attached hydrogens (tertiary/aromatic N) is 4. The number of aromatic nitrogens is 1. The van der Waals surface area contributed by atoms with E-state index in [0.29, 0.717) is 18.0 Å². The lowest BCUT2D eigenvalue weighted by Crippen LogP contribution is -2.49. The van der Waals surface area contributed by atoms with Crippen LogP contribution in [0.25, 0.3) is 10.9 Å². The Bertz CT molecular complexity index is 1290. The lowest BCUT2D eigenvalue weighted by atomic mass is 9.88. The van der Waals surface area contributed by atoms with Crippen LogP contribution in [0.4, 0.5) is 0 Å². The molecule has 228 valence electrons. The van der Waals surface area contributed by atoms with Crippen LogP contribution in [0.2, 0.25) is 0 Å². The minimum Gasteiger partial charge on any atom is -0.343 e. The molecule has 8 nitrogen and oxygen atoms in total. The Morgan fingerprint density at radius 1 is 0.976 bits per heavy atom. The van der Waals surface area contributed by atoms with Crippen LogP contribution in [0.1, 0.15) is 78.9 Å². The van der Waals surface area contributed by atoms with Gasteiger partial charge in [-0.05, 0) is 70.4 Å². The molecule has 1 saturated carbocycles. The molecule has 1 saturated heterocycles. The normalized spacial score (nSPS) is 22.8. The Balaban J connectivity index is 1.57. The average Bonchev–Trinajstić information content (AvgIpc) is 3.12. The zero-order chi connectivity index (χ0) is 29.5. The summed E-state index contributed by atoms with van der Waals surface area (Å²) in [7, 11) is 5.83. The minimum absolute atomic E-state index is 0.121. The average molecular weight is 594 g/mol. The van der Waals surface area contributed by atoms with Crippen molar-refractivity contribution in [2.24, 2.45) is 5.92 Å². The Kier molecular flexibility index (Phi) is 10.8. The number of carbonyl (C=O) groups excluding carboxylic acids is 2. The first kappa shape index (κ1) is 30.9. The molecule has 2 aliphatic heterocycles. The van der Waals surface area contributed by atoms with Crippen LogP contribution in [0, 0.1) is 5.92 Å². The maximum absolute atomic E-state index is 14.0. The summed E-state index contributed by atoms with van der Waals surface area (Å²) in [6.07, 6.45) is 18.7. The number of benzene rings is 1. The number of allylic oxidation sites excluding steroid dienone is 4. The van der Waals surface area contributed by atoms with E-state index in [-0.39, 0.29) is 17.7 Å². The van der Waals surface area contributed by atoms with Gasteiger partial charge in [-0.2, -0.15) is 4.28 Å². The molecular formula is C33H47N5O3S. The van der Waals surface area contributed by atoms with Crippen molar-refractivity contribution in [1.82, 2.24) is 24.2 Å². The summed E-state index contributed by atoms with van der Waals surface area (Å²) in [6, 6.07) is 6.07. The van der Waals surface area contributed by atoms with Gasteiger partial charge in [0, 0.05) is 61.3 Å². The van der Waals surface area contributed by atoms with Crippen LogP contribution in [-0.2, 0) is 22.0 Å². The molecule has 1 unspecified atom stereocenters. The number of fused-ring (bicyclic) bond motifs is 3. The number of rotatable bonds is 6. The molecule has 1 atom stereocenters. The van der Waals surface area contributed by atoms with Gasteiger partial charge in [0.25, 0.3) is 5.91 Å². The van der Waals surface area contributed by atoms with E-state index < -0.39 is 0 Å². The van der Waals surface area contributed by atoms with Crippen LogP contribution < -0.4 is 5.48 Å². The first-order chi connectivity index (χ1) is 20.4. The molecular weight excluding hydrogens is 546 g/mol. The standard InChI is InChI=1S/C33H47N5O3S/c1-35(2)42-41-34-32(39)26-17-18-28-30(23-26)38-24-27(33(40)37-21-19-36(3)20-22-37)15-11-5-4-6-12-16-29(38)31(28)25-13-9-7-8-10-14-25/h4-6,12,17-18,23,25,27H,7-11,13-16,19-22,24H2,1-3H3,(H,34,39)/b5-4-,12-6-. The summed E-state index contributed by atoms with van der Waals surface area (Å²) < 4.78 is 9.49. The fraction of sp³-hybridized carbons (Fsp3) is 0.576. The lowest BCUT2D eigenvalue weighted by molar-refractivity contribution is -0.137. The van der Waals surface area contributed by atoms with E-state index >= 15 is 0 Å². The van der Waals surface area contributed by atoms with Crippen molar-refractivity contribution in [3.63, 3.8) is 0 Å². The van der Waals surface area contributed by atoms with E-state index in [1.807, 2.05) is 26.2 Å². The Morgan fingerprint density at radius 2 is 1.71 bits per heavy atom. The smallest absolute Gasteiger partial charge is 0.275 e. The van der Waals surface area contributed by atoms with E-state index in [9.17, 15) is 9.59 Å². The molecule has 2 aromatic rings. The van der Waals surface area contributed by atoms with Gasteiger partial charge in [-0.15, -0.1) is 0 Å². The molecule has 1 N–H and O–H groups in total. The second-order valence-electron chi connectivity index (χ2n) is 12.3. The molecule has 0 bridgehead atoms. The van der Waals surface area contributed by atoms with E-state index in [2.05, 4.69) is 57.3 Å². The van der Waals surface area contributed by atoms with Crippen molar-refractivity contribution in [3.8, 4) is 0 Å². The monoisotopic (exact) mass is 593 g/mol. The van der Waals surface area contributed by atoms with Gasteiger partial charge in [0.2, 0.25) is 5.91 Å². The highest BCUT2D eigenvalue weighted by Gasteiger charge is 2.30. The van der Waals surface area contributed by atoms with E-state index in [0.717, 1.165) is 63.2 Å². The predicted octanol–water partition coefficient (Wildman–Crippen LogP) is 5.70. The molecule has 1 aromatic carbocycles. The van der Waals surface area contributed by atoms with Crippen LogP contribution in [0.3, 0.4) is 0 Å². The Morgan fingerprint density at radius 3 is 2.45 bits per heavy atom. The van der Waals surface area contributed by atoms with Gasteiger partial charge < -0.3 is 14.4 Å². The van der Waals surface area contributed by atoms with Gasteiger partial charge in [-0.3, -0.25) is 9.59 Å². The number of piperazine rings is 1. The third kappa shape index (κ3) is 7.48. The van der Waals surface area contributed by atoms with Crippen LogP contribution in [0.5, 0.6) is 0 Å². The van der Waals surface area contributed by atoms with E-state index in [4.69, 9.17) is 4.28 Å². The first-order valence-corrected chi connectivity index (χ1v) is 16.4. The summed E-state index contributed by atoms with van der Waals surface area (Å²) in [6.45, 7) is 4.02. The number of amides is 2. The quantitative estimate of drug-likeness (QED) is 0.201. The van der Waals surface area contributed by atoms with Gasteiger partial charge in [-0.25, -0.2) is 9.79 Å². The van der Waals surface area contributed by atoms with Crippen LogP contribution >= 0.6 is 12.2 Å². The van der Waals surface area contributed by atoms with Crippen LogP contribution in [0.15, 0.2) is 42.5 Å². The number of likely N-dealkylation sites (N-methyl/N-ethyl adjacent to an activating group) is 1. The highest BCUT2D eigenvalue weighted by Crippen LogP contribution is 2.41. The summed E-state index contributed by atoms with van der Waals surface area (Å²) >= 11 is 1.07. The molecule has 3 aliphatic rings. The van der Waals surface area contributed by atoms with Gasteiger partial charge in [0.1, 0.15) is 12.2 Å². The number of carbonyl (C=O) groups is 2. The molecule has 5 rings (SSSR count). The van der Waals surface area contributed by atoms with Gasteiger partial charge in [0.15, 0.2) is 0 Å². The number of hydrogen-bond acceptors (Lipinski definition) is 6. The molecule has 9 heteroatoms. The fourth-order valence-electron chi connectivity index (χ4n) is 6.74. The number of hydroxylamine groups is 1. The number of nitrogens with one attached hydrogen (secondary N) is 1. The summed E-state index contributed by atoms with van der Waals surface area (Å²) in [4.78, 5) is 31.5. The van der Waals surface area contributed by atoms with Crippen molar-refractivity contribution >= 4 is 34.9 Å². The largest absolute Gasteiger partial charge is 0.343 e. The Hall–Kier alpha value is -2.59. The maximum Gasteiger partial charge on any atom is 0.275 e. The topological polar surface area (TPSA) is 70.1 Å². The summed E-state index contributed by atoms with van der Waals surface area (Å²) in [5.74, 6) is 0.357. The first-order valence-electron chi connectivity index (χ1n) is 15.7. The molecule has 1 aliphatic carbocycles. The van der Waals surface area contributed by atoms with Gasteiger partial charge >= 0.3 is 0 Å².